The Hall–Kier alpha value is -0.360. The number of rotatable bonds is 0. The largest absolute Gasteiger partial charge is 0.466 e. The van der Waals surface area contributed by atoms with Crippen molar-refractivity contribution in [3.8, 4) is 0 Å². The zero-order valence-corrected chi connectivity index (χ0v) is 11.0. The molecule has 8 heteroatoms. The van der Waals surface area contributed by atoms with Gasteiger partial charge in [-0.2, -0.15) is 0 Å². The van der Waals surface area contributed by atoms with Crippen molar-refractivity contribution in [3.63, 3.8) is 0 Å². The molecule has 0 atom stereocenters. The minimum Gasteiger partial charge on any atom is -0.348 e. The molecule has 0 amide bonds. The van der Waals surface area contributed by atoms with Gasteiger partial charge in [0, 0.05) is 10.9 Å². The molecule has 0 radical (unpaired) electrons. The van der Waals surface area contributed by atoms with Gasteiger partial charge in [0.15, 0.2) is 0 Å². The molecule has 1 aromatic heterocycles. The van der Waals surface area contributed by atoms with E-state index in [1.807, 2.05) is 24.3 Å². The monoisotopic (exact) mass is 327 g/mol. The van der Waals surface area contributed by atoms with Crippen LogP contribution < -0.4 is 0 Å². The third-order valence-corrected chi connectivity index (χ3v) is 2.82. The van der Waals surface area contributed by atoms with Crippen LogP contribution in [0.3, 0.4) is 0 Å². The Bertz CT molecular complexity index is 530. The molecule has 5 nitrogen and oxygen atoms in total. The number of halogens is 2. The highest BCUT2D eigenvalue weighted by Crippen LogP contribution is 2.30. The van der Waals surface area contributed by atoms with Gasteiger partial charge >= 0.3 is 7.82 Å². The number of hydrogen-bond donors (Lipinski definition) is 4. The molecule has 0 aliphatic heterocycles. The molecule has 0 aliphatic carbocycles. The van der Waals surface area contributed by atoms with Gasteiger partial charge in [-0.15, -0.1) is 0 Å². The van der Waals surface area contributed by atoms with Gasteiger partial charge in [-0.05, 0) is 22.0 Å². The first-order chi connectivity index (χ1) is 7.29. The summed E-state index contributed by atoms with van der Waals surface area (Å²) in [7, 11) is -4.64. The van der Waals surface area contributed by atoms with Gasteiger partial charge in [0.2, 0.25) is 0 Å². The van der Waals surface area contributed by atoms with Crippen LogP contribution in [0.2, 0.25) is 5.02 Å². The second-order valence-electron chi connectivity index (χ2n) is 2.81. The topological polar surface area (TPSA) is 93.6 Å². The summed E-state index contributed by atoms with van der Waals surface area (Å²) < 4.78 is 9.73. The van der Waals surface area contributed by atoms with Crippen molar-refractivity contribution in [3.05, 3.63) is 33.9 Å². The molecule has 1 heterocycles. The minimum atomic E-state index is -4.64. The summed E-state index contributed by atoms with van der Waals surface area (Å²) in [5.41, 5.74) is 1.06. The molecular formula is C8H8BrClNO4P. The number of benzene rings is 1. The predicted molar refractivity (Wildman–Crippen MR) is 65.3 cm³/mol. The maximum absolute atomic E-state index is 8.88. The maximum Gasteiger partial charge on any atom is 0.466 e. The Morgan fingerprint density at radius 3 is 2.25 bits per heavy atom. The minimum absolute atomic E-state index is 0.751. The van der Waals surface area contributed by atoms with Crippen molar-refractivity contribution < 1.29 is 19.2 Å². The second-order valence-corrected chi connectivity index (χ2v) is 5.01. The maximum atomic E-state index is 8.88. The van der Waals surface area contributed by atoms with E-state index in [4.69, 9.17) is 30.8 Å². The second kappa shape index (κ2) is 5.31. The fourth-order valence-electron chi connectivity index (χ4n) is 1.07. The number of phosphoric acid groups is 1. The zero-order valence-electron chi connectivity index (χ0n) is 7.76. The van der Waals surface area contributed by atoms with E-state index >= 15 is 0 Å². The van der Waals surface area contributed by atoms with Gasteiger partial charge in [0.05, 0.1) is 5.02 Å². The number of fused-ring (bicyclic) bond motifs is 1. The van der Waals surface area contributed by atoms with Gasteiger partial charge in [-0.3, -0.25) is 0 Å². The first-order valence-electron chi connectivity index (χ1n) is 3.99. The number of aromatic amines is 1. The van der Waals surface area contributed by atoms with E-state index in [1.54, 1.807) is 0 Å². The molecule has 16 heavy (non-hydrogen) atoms. The van der Waals surface area contributed by atoms with Gasteiger partial charge < -0.3 is 19.7 Å². The Labute approximate surface area is 104 Å². The summed E-state index contributed by atoms with van der Waals surface area (Å²) in [5.74, 6) is 0. The van der Waals surface area contributed by atoms with Gasteiger partial charge in [-0.25, -0.2) is 4.57 Å². The van der Waals surface area contributed by atoms with Gasteiger partial charge in [-0.1, -0.05) is 29.8 Å². The Morgan fingerprint density at radius 1 is 1.25 bits per heavy atom. The molecule has 0 unspecified atom stereocenters. The summed E-state index contributed by atoms with van der Waals surface area (Å²) in [6.07, 6.45) is 0. The van der Waals surface area contributed by atoms with E-state index in [1.165, 1.54) is 0 Å². The standard InChI is InChI=1S/C8H5BrClN.H3O4P/c9-8-7(10)5-3-1-2-4-6(5)11-8;1-5(2,3)4/h1-4,11H;(H3,1,2,3,4). The fourth-order valence-corrected chi connectivity index (χ4v) is 1.71. The summed E-state index contributed by atoms with van der Waals surface area (Å²) in [6.45, 7) is 0. The van der Waals surface area contributed by atoms with Crippen molar-refractivity contribution >= 4 is 46.3 Å². The summed E-state index contributed by atoms with van der Waals surface area (Å²) in [5, 5.41) is 1.81. The lowest BCUT2D eigenvalue weighted by Crippen LogP contribution is -1.66. The molecule has 1 aromatic carbocycles. The molecule has 88 valence electrons. The number of aromatic nitrogens is 1. The molecule has 0 saturated heterocycles. The summed E-state index contributed by atoms with van der Waals surface area (Å²) >= 11 is 9.28. The quantitative estimate of drug-likeness (QED) is 0.559. The van der Waals surface area contributed by atoms with Crippen LogP contribution >= 0.6 is 35.4 Å². The average Bonchev–Trinajstić information content (AvgIpc) is 2.41. The van der Waals surface area contributed by atoms with E-state index in [-0.39, 0.29) is 0 Å². The lowest BCUT2D eigenvalue weighted by molar-refractivity contribution is 0.275. The average molecular weight is 328 g/mol. The van der Waals surface area contributed by atoms with Crippen LogP contribution in [-0.4, -0.2) is 19.7 Å². The highest BCUT2D eigenvalue weighted by Gasteiger charge is 2.04. The van der Waals surface area contributed by atoms with E-state index in [9.17, 15) is 0 Å². The third kappa shape index (κ3) is 4.25. The smallest absolute Gasteiger partial charge is 0.348 e. The first-order valence-corrected chi connectivity index (χ1v) is 6.72. The van der Waals surface area contributed by atoms with E-state index in [0.717, 1.165) is 20.5 Å². The molecule has 0 saturated carbocycles. The lowest BCUT2D eigenvalue weighted by atomic mass is 10.3. The summed E-state index contributed by atoms with van der Waals surface area (Å²) in [4.78, 5) is 24.7. The normalized spacial score (nSPS) is 11.1. The SMILES string of the molecule is Clc1c(Br)[nH]c2ccccc12.O=P(O)(O)O. The summed E-state index contributed by atoms with van der Waals surface area (Å²) in [6, 6.07) is 7.92. The molecule has 2 rings (SSSR count). The molecule has 0 spiro atoms. The van der Waals surface area contributed by atoms with Crippen molar-refractivity contribution in [2.24, 2.45) is 0 Å². The molecule has 0 aliphatic rings. The Kier molecular flexibility index (Phi) is 4.55. The van der Waals surface area contributed by atoms with Gasteiger partial charge in [0.25, 0.3) is 0 Å². The molecule has 4 N–H and O–H groups in total. The van der Waals surface area contributed by atoms with E-state index in [0.29, 0.717) is 0 Å². The van der Waals surface area contributed by atoms with Crippen LogP contribution in [0.4, 0.5) is 0 Å². The van der Waals surface area contributed by atoms with Crippen LogP contribution in [0, 0.1) is 0 Å². The first kappa shape index (κ1) is 13.7. The zero-order chi connectivity index (χ0) is 12.3. The number of para-hydroxylation sites is 1. The highest BCUT2D eigenvalue weighted by atomic mass is 79.9. The highest BCUT2D eigenvalue weighted by molar-refractivity contribution is 9.10. The number of nitrogens with one attached hydrogen (secondary N) is 1. The van der Waals surface area contributed by atoms with Crippen molar-refractivity contribution in [2.45, 2.75) is 0 Å². The van der Waals surface area contributed by atoms with Crippen LogP contribution in [-0.2, 0) is 4.57 Å². The predicted octanol–water partition coefficient (Wildman–Crippen LogP) is 2.66. The van der Waals surface area contributed by atoms with E-state index in [2.05, 4.69) is 20.9 Å². The van der Waals surface area contributed by atoms with Crippen LogP contribution in [0.15, 0.2) is 28.9 Å². The van der Waals surface area contributed by atoms with Crippen LogP contribution in [0.1, 0.15) is 0 Å². The van der Waals surface area contributed by atoms with Crippen LogP contribution in [0.5, 0.6) is 0 Å². The fraction of sp³-hybridized carbons (Fsp3) is 0. The van der Waals surface area contributed by atoms with Crippen molar-refractivity contribution in [1.29, 1.82) is 0 Å². The van der Waals surface area contributed by atoms with Gasteiger partial charge in [0.1, 0.15) is 4.60 Å². The molecule has 0 bridgehead atoms. The Morgan fingerprint density at radius 2 is 1.75 bits per heavy atom. The third-order valence-electron chi connectivity index (χ3n) is 1.60. The lowest BCUT2D eigenvalue weighted by Gasteiger charge is -1.85. The number of hydrogen-bond acceptors (Lipinski definition) is 1. The number of H-pyrrole nitrogens is 1. The van der Waals surface area contributed by atoms with Crippen LogP contribution in [0.25, 0.3) is 10.9 Å². The van der Waals surface area contributed by atoms with E-state index < -0.39 is 7.82 Å². The van der Waals surface area contributed by atoms with Crippen molar-refractivity contribution in [1.82, 2.24) is 4.98 Å². The molecular weight excluding hydrogens is 320 g/mol. The Balaban J connectivity index is 0.000000221. The van der Waals surface area contributed by atoms with Crippen molar-refractivity contribution in [2.75, 3.05) is 0 Å². The molecule has 2 aromatic rings. The molecule has 0 fully saturated rings.